The highest BCUT2D eigenvalue weighted by atomic mass is 79.9. The van der Waals surface area contributed by atoms with Gasteiger partial charge in [0.1, 0.15) is 5.82 Å². The lowest BCUT2D eigenvalue weighted by molar-refractivity contribution is 0.0864. The molecule has 0 spiro atoms. The van der Waals surface area contributed by atoms with Crippen LogP contribution in [-0.2, 0) is 0 Å². The van der Waals surface area contributed by atoms with Crippen molar-refractivity contribution in [1.29, 1.82) is 0 Å². The third-order valence-corrected chi connectivity index (χ3v) is 3.20. The van der Waals surface area contributed by atoms with Crippen LogP contribution in [0.2, 0.25) is 0 Å². The molecule has 1 aromatic rings. The van der Waals surface area contributed by atoms with E-state index in [1.54, 1.807) is 6.07 Å². The Morgan fingerprint density at radius 1 is 1.47 bits per heavy atom. The first-order valence-electron chi connectivity index (χ1n) is 6.11. The first-order chi connectivity index (χ1) is 8.70. The van der Waals surface area contributed by atoms with Crippen LogP contribution < -0.4 is 5.32 Å². The number of halogens is 2. The molecule has 0 saturated heterocycles. The molecule has 0 fully saturated rings. The molecule has 106 valence electrons. The van der Waals surface area contributed by atoms with Gasteiger partial charge >= 0.3 is 0 Å². The van der Waals surface area contributed by atoms with Crippen LogP contribution >= 0.6 is 15.9 Å². The normalized spacial score (nSPS) is 13.2. The number of aliphatic hydroxyl groups is 1. The Balaban J connectivity index is 2.61. The summed E-state index contributed by atoms with van der Waals surface area (Å²) in [5.74, 6) is -1.12. The topological polar surface area (TPSA) is 49.3 Å². The van der Waals surface area contributed by atoms with E-state index in [2.05, 4.69) is 21.2 Å². The highest BCUT2D eigenvalue weighted by Gasteiger charge is 2.19. The average Bonchev–Trinajstić information content (AvgIpc) is 2.23. The van der Waals surface area contributed by atoms with E-state index >= 15 is 0 Å². The van der Waals surface area contributed by atoms with Gasteiger partial charge in [-0.05, 0) is 39.9 Å². The zero-order valence-corrected chi connectivity index (χ0v) is 12.9. The standard InChI is InChI=1S/C14H19BrFNO2/c1-14(2,3)7-9(18)8-17-13(19)12-10(15)5-4-6-11(12)16/h4-6,9,18H,7-8H2,1-3H3,(H,17,19). The molecule has 0 aliphatic carbocycles. The summed E-state index contributed by atoms with van der Waals surface area (Å²) < 4.78 is 13.9. The molecule has 0 saturated carbocycles. The van der Waals surface area contributed by atoms with Crippen molar-refractivity contribution in [2.75, 3.05) is 6.54 Å². The molecule has 1 atom stereocenters. The molecule has 0 bridgehead atoms. The van der Waals surface area contributed by atoms with Gasteiger partial charge in [-0.2, -0.15) is 0 Å². The highest BCUT2D eigenvalue weighted by Crippen LogP contribution is 2.21. The molecule has 5 heteroatoms. The predicted molar refractivity (Wildman–Crippen MR) is 76.5 cm³/mol. The fourth-order valence-corrected chi connectivity index (χ4v) is 2.31. The van der Waals surface area contributed by atoms with Crippen LogP contribution in [-0.4, -0.2) is 23.7 Å². The number of aliphatic hydroxyl groups excluding tert-OH is 1. The molecular weight excluding hydrogens is 313 g/mol. The maximum absolute atomic E-state index is 13.5. The largest absolute Gasteiger partial charge is 0.391 e. The molecule has 1 rings (SSSR count). The lowest BCUT2D eigenvalue weighted by Gasteiger charge is -2.22. The number of carbonyl (C=O) groups is 1. The van der Waals surface area contributed by atoms with Crippen LogP contribution in [0.4, 0.5) is 4.39 Å². The van der Waals surface area contributed by atoms with Crippen LogP contribution in [0.25, 0.3) is 0 Å². The monoisotopic (exact) mass is 331 g/mol. The zero-order chi connectivity index (χ0) is 14.6. The summed E-state index contributed by atoms with van der Waals surface area (Å²) in [6.07, 6.45) is -0.0828. The summed E-state index contributed by atoms with van der Waals surface area (Å²) in [6, 6.07) is 4.35. The predicted octanol–water partition coefficient (Wildman–Crippen LogP) is 3.12. The first kappa shape index (κ1) is 16.1. The molecule has 1 aromatic carbocycles. The van der Waals surface area contributed by atoms with Gasteiger partial charge in [0.2, 0.25) is 0 Å². The van der Waals surface area contributed by atoms with Crippen LogP contribution in [0.1, 0.15) is 37.6 Å². The van der Waals surface area contributed by atoms with Crippen molar-refractivity contribution in [3.05, 3.63) is 34.1 Å². The SMILES string of the molecule is CC(C)(C)CC(O)CNC(=O)c1c(F)cccc1Br. The van der Waals surface area contributed by atoms with Gasteiger partial charge in [0.25, 0.3) is 5.91 Å². The Kier molecular flexibility index (Phi) is 5.50. The van der Waals surface area contributed by atoms with E-state index in [-0.39, 0.29) is 17.5 Å². The van der Waals surface area contributed by atoms with Crippen LogP contribution in [0.15, 0.2) is 22.7 Å². The number of rotatable bonds is 4. The summed E-state index contributed by atoms with van der Waals surface area (Å²) in [7, 11) is 0. The Morgan fingerprint density at radius 3 is 2.63 bits per heavy atom. The van der Waals surface area contributed by atoms with Crippen molar-refractivity contribution in [2.24, 2.45) is 5.41 Å². The fourth-order valence-electron chi connectivity index (χ4n) is 1.79. The lowest BCUT2D eigenvalue weighted by Crippen LogP contribution is -2.34. The third-order valence-electron chi connectivity index (χ3n) is 2.54. The molecule has 19 heavy (non-hydrogen) atoms. The summed E-state index contributed by atoms with van der Waals surface area (Å²) in [6.45, 7) is 6.12. The molecule has 0 heterocycles. The maximum Gasteiger partial charge on any atom is 0.255 e. The van der Waals surface area contributed by atoms with Crippen molar-refractivity contribution >= 4 is 21.8 Å². The van der Waals surface area contributed by atoms with Crippen LogP contribution in [0.5, 0.6) is 0 Å². The van der Waals surface area contributed by atoms with E-state index in [1.807, 2.05) is 20.8 Å². The van der Waals surface area contributed by atoms with E-state index in [0.29, 0.717) is 10.9 Å². The van der Waals surface area contributed by atoms with Crippen LogP contribution in [0.3, 0.4) is 0 Å². The lowest BCUT2D eigenvalue weighted by atomic mass is 9.89. The molecule has 0 aliphatic rings. The summed E-state index contributed by atoms with van der Waals surface area (Å²) in [4.78, 5) is 11.9. The molecule has 0 aromatic heterocycles. The highest BCUT2D eigenvalue weighted by molar-refractivity contribution is 9.10. The van der Waals surface area contributed by atoms with E-state index in [4.69, 9.17) is 0 Å². The Bertz CT molecular complexity index is 437. The molecule has 3 nitrogen and oxygen atoms in total. The smallest absolute Gasteiger partial charge is 0.255 e. The van der Waals surface area contributed by atoms with Crippen molar-refractivity contribution in [2.45, 2.75) is 33.3 Å². The van der Waals surface area contributed by atoms with Gasteiger partial charge in [0.15, 0.2) is 0 Å². The second-order valence-corrected chi connectivity index (χ2v) is 6.58. The Morgan fingerprint density at radius 2 is 2.11 bits per heavy atom. The average molecular weight is 332 g/mol. The van der Waals surface area contributed by atoms with E-state index < -0.39 is 17.8 Å². The van der Waals surface area contributed by atoms with Gasteiger partial charge < -0.3 is 10.4 Å². The van der Waals surface area contributed by atoms with Crippen molar-refractivity contribution < 1.29 is 14.3 Å². The number of hydrogen-bond acceptors (Lipinski definition) is 2. The molecular formula is C14H19BrFNO2. The number of amides is 1. The van der Waals surface area contributed by atoms with Gasteiger partial charge in [0, 0.05) is 11.0 Å². The van der Waals surface area contributed by atoms with E-state index in [0.717, 1.165) is 0 Å². The number of hydrogen-bond donors (Lipinski definition) is 2. The van der Waals surface area contributed by atoms with Gasteiger partial charge in [-0.3, -0.25) is 4.79 Å². The minimum absolute atomic E-state index is 0.0251. The summed E-state index contributed by atoms with van der Waals surface area (Å²) >= 11 is 3.14. The van der Waals surface area contributed by atoms with Crippen LogP contribution in [0, 0.1) is 11.2 Å². The van der Waals surface area contributed by atoms with Gasteiger partial charge in [-0.15, -0.1) is 0 Å². The Hall–Kier alpha value is -0.940. The van der Waals surface area contributed by atoms with Crippen molar-refractivity contribution in [3.63, 3.8) is 0 Å². The fraction of sp³-hybridized carbons (Fsp3) is 0.500. The number of benzene rings is 1. The van der Waals surface area contributed by atoms with Crippen molar-refractivity contribution in [1.82, 2.24) is 5.32 Å². The van der Waals surface area contributed by atoms with Gasteiger partial charge in [0.05, 0.1) is 11.7 Å². The third kappa shape index (κ3) is 5.28. The zero-order valence-electron chi connectivity index (χ0n) is 11.3. The second kappa shape index (κ2) is 6.48. The number of carbonyl (C=O) groups excluding carboxylic acids is 1. The molecule has 1 unspecified atom stereocenters. The van der Waals surface area contributed by atoms with Crippen molar-refractivity contribution in [3.8, 4) is 0 Å². The van der Waals surface area contributed by atoms with E-state index in [9.17, 15) is 14.3 Å². The quantitative estimate of drug-likeness (QED) is 0.890. The first-order valence-corrected chi connectivity index (χ1v) is 6.90. The Labute approximate surface area is 121 Å². The second-order valence-electron chi connectivity index (χ2n) is 5.73. The summed E-state index contributed by atoms with van der Waals surface area (Å²) in [5, 5.41) is 12.3. The molecule has 2 N–H and O–H groups in total. The van der Waals surface area contributed by atoms with E-state index in [1.165, 1.54) is 12.1 Å². The maximum atomic E-state index is 13.5. The molecule has 0 radical (unpaired) electrons. The van der Waals surface area contributed by atoms with Gasteiger partial charge in [-0.25, -0.2) is 4.39 Å². The summed E-state index contributed by atoms with van der Waals surface area (Å²) in [5.41, 5.74) is -0.0617. The van der Waals surface area contributed by atoms with Gasteiger partial charge in [-0.1, -0.05) is 26.8 Å². The molecule has 0 aliphatic heterocycles. The minimum Gasteiger partial charge on any atom is -0.391 e. The number of nitrogens with one attached hydrogen (secondary N) is 1. The molecule has 1 amide bonds. The minimum atomic E-state index is -0.644.